The molecule has 3 rings (SSSR count). The topological polar surface area (TPSA) is 67.9 Å². The summed E-state index contributed by atoms with van der Waals surface area (Å²) in [4.78, 5) is 27.7. The van der Waals surface area contributed by atoms with E-state index in [1.54, 1.807) is 19.1 Å². The number of carbonyl (C=O) groups is 2. The first-order valence-corrected chi connectivity index (χ1v) is 9.80. The Morgan fingerprint density at radius 1 is 1.10 bits per heavy atom. The highest BCUT2D eigenvalue weighted by Gasteiger charge is 2.40. The Balaban J connectivity index is 1.83. The minimum Gasteiger partial charge on any atom is -0.497 e. The molecule has 1 fully saturated rings. The molecule has 0 radical (unpaired) electrons. The monoisotopic (exact) mass is 396 g/mol. The lowest BCUT2D eigenvalue weighted by molar-refractivity contribution is -0.125. The van der Waals surface area contributed by atoms with E-state index in [-0.39, 0.29) is 23.7 Å². The van der Waals surface area contributed by atoms with Crippen LogP contribution in [-0.2, 0) is 9.53 Å². The number of hydrogen-bond donors (Lipinski definition) is 1. The van der Waals surface area contributed by atoms with Crippen LogP contribution >= 0.6 is 0 Å². The van der Waals surface area contributed by atoms with E-state index in [4.69, 9.17) is 9.47 Å². The molecule has 1 aliphatic heterocycles. The van der Waals surface area contributed by atoms with Gasteiger partial charge in [0, 0.05) is 38.2 Å². The molecule has 0 spiro atoms. The molecule has 2 atom stereocenters. The molecule has 0 aromatic heterocycles. The van der Waals surface area contributed by atoms with E-state index in [0.717, 1.165) is 16.9 Å². The Bertz CT molecular complexity index is 850. The fourth-order valence-electron chi connectivity index (χ4n) is 3.73. The maximum atomic E-state index is 13.0. The van der Waals surface area contributed by atoms with Crippen molar-refractivity contribution in [1.82, 2.24) is 10.2 Å². The van der Waals surface area contributed by atoms with Crippen LogP contribution < -0.4 is 10.1 Å². The Kier molecular flexibility index (Phi) is 6.88. The Morgan fingerprint density at radius 3 is 2.55 bits per heavy atom. The summed E-state index contributed by atoms with van der Waals surface area (Å²) in [6.45, 7) is 3.76. The van der Waals surface area contributed by atoms with E-state index in [2.05, 4.69) is 5.32 Å². The van der Waals surface area contributed by atoms with Gasteiger partial charge in [-0.1, -0.05) is 29.8 Å². The molecule has 2 unspecified atom stereocenters. The van der Waals surface area contributed by atoms with Gasteiger partial charge in [0.05, 0.1) is 19.6 Å². The molecule has 0 aliphatic carbocycles. The maximum Gasteiger partial charge on any atom is 0.253 e. The van der Waals surface area contributed by atoms with Crippen molar-refractivity contribution >= 4 is 11.8 Å². The number of methoxy groups -OCH3 is 2. The second kappa shape index (κ2) is 9.56. The molecular weight excluding hydrogens is 368 g/mol. The van der Waals surface area contributed by atoms with E-state index < -0.39 is 0 Å². The molecule has 6 heteroatoms. The van der Waals surface area contributed by atoms with Crippen molar-refractivity contribution in [3.63, 3.8) is 0 Å². The zero-order valence-electron chi connectivity index (χ0n) is 17.2. The molecule has 2 amide bonds. The standard InChI is InChI=1S/C23H28N2O4/c1-16-7-9-17(10-8-16)23(27)25-14-20(18-5-4-6-19(13-18)29-3)21(15-25)22(26)24-11-12-28-2/h4-10,13,20-21H,11-12,14-15H2,1-3H3,(H,24,26). The molecule has 2 aromatic carbocycles. The summed E-state index contributed by atoms with van der Waals surface area (Å²) < 4.78 is 10.4. The van der Waals surface area contributed by atoms with E-state index >= 15 is 0 Å². The second-order valence-corrected chi connectivity index (χ2v) is 7.35. The number of amides is 2. The van der Waals surface area contributed by atoms with Crippen molar-refractivity contribution < 1.29 is 19.1 Å². The highest BCUT2D eigenvalue weighted by molar-refractivity contribution is 5.95. The third-order valence-corrected chi connectivity index (χ3v) is 5.37. The van der Waals surface area contributed by atoms with Gasteiger partial charge in [-0.2, -0.15) is 0 Å². The summed E-state index contributed by atoms with van der Waals surface area (Å²) in [5.74, 6) is 0.207. The van der Waals surface area contributed by atoms with Crippen LogP contribution in [0, 0.1) is 12.8 Å². The summed E-state index contributed by atoms with van der Waals surface area (Å²) >= 11 is 0. The average Bonchev–Trinajstić information content (AvgIpc) is 3.19. The number of nitrogens with zero attached hydrogens (tertiary/aromatic N) is 1. The number of aryl methyl sites for hydroxylation is 1. The van der Waals surface area contributed by atoms with E-state index in [1.807, 2.05) is 55.5 Å². The van der Waals surface area contributed by atoms with E-state index in [9.17, 15) is 9.59 Å². The van der Waals surface area contributed by atoms with Gasteiger partial charge in [-0.3, -0.25) is 9.59 Å². The van der Waals surface area contributed by atoms with Crippen LogP contribution in [0.15, 0.2) is 48.5 Å². The van der Waals surface area contributed by atoms with Gasteiger partial charge in [0.25, 0.3) is 5.91 Å². The molecule has 0 bridgehead atoms. The molecular formula is C23H28N2O4. The number of rotatable bonds is 7. The smallest absolute Gasteiger partial charge is 0.253 e. The van der Waals surface area contributed by atoms with Crippen LogP contribution in [-0.4, -0.2) is 57.2 Å². The molecule has 1 N–H and O–H groups in total. The van der Waals surface area contributed by atoms with Crippen LogP contribution in [0.5, 0.6) is 5.75 Å². The predicted molar refractivity (Wildman–Crippen MR) is 111 cm³/mol. The molecule has 2 aromatic rings. The van der Waals surface area contributed by atoms with Crippen molar-refractivity contribution in [2.75, 3.05) is 40.5 Å². The first-order chi connectivity index (χ1) is 14.0. The first kappa shape index (κ1) is 20.9. The lowest BCUT2D eigenvalue weighted by Crippen LogP contribution is -2.37. The molecule has 1 heterocycles. The van der Waals surface area contributed by atoms with Crippen LogP contribution in [0.3, 0.4) is 0 Å². The number of benzene rings is 2. The third-order valence-electron chi connectivity index (χ3n) is 5.37. The van der Waals surface area contributed by atoms with Gasteiger partial charge >= 0.3 is 0 Å². The minimum atomic E-state index is -0.326. The molecule has 29 heavy (non-hydrogen) atoms. The van der Waals surface area contributed by atoms with Gasteiger partial charge in [0.15, 0.2) is 0 Å². The van der Waals surface area contributed by atoms with Gasteiger partial charge in [-0.05, 0) is 36.8 Å². The Labute approximate surface area is 171 Å². The SMILES string of the molecule is COCCNC(=O)C1CN(C(=O)c2ccc(C)cc2)CC1c1cccc(OC)c1. The average molecular weight is 396 g/mol. The van der Waals surface area contributed by atoms with Crippen molar-refractivity contribution in [1.29, 1.82) is 0 Å². The van der Waals surface area contributed by atoms with Crippen molar-refractivity contribution in [3.8, 4) is 5.75 Å². The van der Waals surface area contributed by atoms with Gasteiger partial charge in [-0.25, -0.2) is 0 Å². The number of ether oxygens (including phenoxy) is 2. The number of likely N-dealkylation sites (tertiary alicyclic amines) is 1. The lowest BCUT2D eigenvalue weighted by atomic mass is 9.88. The predicted octanol–water partition coefficient (Wildman–Crippen LogP) is 2.62. The lowest BCUT2D eigenvalue weighted by Gasteiger charge is -2.18. The number of hydrogen-bond acceptors (Lipinski definition) is 4. The second-order valence-electron chi connectivity index (χ2n) is 7.35. The van der Waals surface area contributed by atoms with Gasteiger partial charge in [0.2, 0.25) is 5.91 Å². The van der Waals surface area contributed by atoms with Crippen LogP contribution in [0.4, 0.5) is 0 Å². The molecule has 1 aliphatic rings. The fraction of sp³-hybridized carbons (Fsp3) is 0.391. The third kappa shape index (κ3) is 4.95. The summed E-state index contributed by atoms with van der Waals surface area (Å²) in [6, 6.07) is 15.3. The highest BCUT2D eigenvalue weighted by atomic mass is 16.5. The van der Waals surface area contributed by atoms with E-state index in [0.29, 0.717) is 31.8 Å². The Morgan fingerprint density at radius 2 is 1.86 bits per heavy atom. The zero-order valence-corrected chi connectivity index (χ0v) is 17.2. The minimum absolute atomic E-state index is 0.0508. The quantitative estimate of drug-likeness (QED) is 0.731. The van der Waals surface area contributed by atoms with Crippen molar-refractivity contribution in [2.45, 2.75) is 12.8 Å². The first-order valence-electron chi connectivity index (χ1n) is 9.80. The summed E-state index contributed by atoms with van der Waals surface area (Å²) in [7, 11) is 3.22. The molecule has 6 nitrogen and oxygen atoms in total. The molecule has 1 saturated heterocycles. The maximum absolute atomic E-state index is 13.0. The number of nitrogens with one attached hydrogen (secondary N) is 1. The summed E-state index contributed by atoms with van der Waals surface area (Å²) in [5, 5.41) is 2.93. The number of carbonyl (C=O) groups excluding carboxylic acids is 2. The Hall–Kier alpha value is -2.86. The van der Waals surface area contributed by atoms with Crippen LogP contribution in [0.2, 0.25) is 0 Å². The van der Waals surface area contributed by atoms with Crippen molar-refractivity contribution in [3.05, 3.63) is 65.2 Å². The molecule has 0 saturated carbocycles. The molecule has 154 valence electrons. The van der Waals surface area contributed by atoms with Gasteiger partial charge in [-0.15, -0.1) is 0 Å². The zero-order chi connectivity index (χ0) is 20.8. The van der Waals surface area contributed by atoms with Gasteiger partial charge < -0.3 is 19.7 Å². The summed E-state index contributed by atoms with van der Waals surface area (Å²) in [6.07, 6.45) is 0. The summed E-state index contributed by atoms with van der Waals surface area (Å²) in [5.41, 5.74) is 2.74. The van der Waals surface area contributed by atoms with Crippen molar-refractivity contribution in [2.24, 2.45) is 5.92 Å². The fourth-order valence-corrected chi connectivity index (χ4v) is 3.73. The normalized spacial score (nSPS) is 18.5. The highest BCUT2D eigenvalue weighted by Crippen LogP contribution is 2.35. The van der Waals surface area contributed by atoms with E-state index in [1.165, 1.54) is 0 Å². The van der Waals surface area contributed by atoms with Crippen LogP contribution in [0.1, 0.15) is 27.4 Å². The van der Waals surface area contributed by atoms with Crippen LogP contribution in [0.25, 0.3) is 0 Å². The van der Waals surface area contributed by atoms with Gasteiger partial charge in [0.1, 0.15) is 5.75 Å². The largest absolute Gasteiger partial charge is 0.497 e.